The highest BCUT2D eigenvalue weighted by atomic mass is 79.9. The van der Waals surface area contributed by atoms with Gasteiger partial charge in [-0.2, -0.15) is 4.80 Å². The van der Waals surface area contributed by atoms with Crippen molar-refractivity contribution < 1.29 is 0 Å². The Morgan fingerprint density at radius 2 is 2.56 bits per heavy atom. The Morgan fingerprint density at radius 3 is 3.00 bits per heavy atom. The van der Waals surface area contributed by atoms with Crippen LogP contribution in [0.15, 0.2) is 6.33 Å². The molecule has 50 valence electrons. The fraction of sp³-hybridized carbons (Fsp3) is 0.750. The summed E-state index contributed by atoms with van der Waals surface area (Å²) in [5.74, 6) is 0. The summed E-state index contributed by atoms with van der Waals surface area (Å²) < 4.78 is 0. The lowest BCUT2D eigenvalue weighted by Gasteiger charge is -2.02. The average Bonchev–Trinajstić information content (AvgIpc) is 2.37. The molecule has 0 N–H and O–H groups in total. The van der Waals surface area contributed by atoms with Crippen LogP contribution in [0.5, 0.6) is 0 Å². The van der Waals surface area contributed by atoms with Crippen LogP contribution >= 0.6 is 15.9 Å². The Kier molecular flexibility index (Phi) is 2.16. The number of hydrogen-bond donors (Lipinski definition) is 0. The normalized spacial score (nSPS) is 13.6. The SMILES string of the molecule is CC(CBr)n1ncnn1. The molecule has 0 aliphatic rings. The lowest BCUT2D eigenvalue weighted by molar-refractivity contribution is 0.463. The van der Waals surface area contributed by atoms with Gasteiger partial charge in [-0.05, 0) is 12.1 Å². The van der Waals surface area contributed by atoms with Gasteiger partial charge in [-0.25, -0.2) is 0 Å². The Hall–Kier alpha value is -0.450. The summed E-state index contributed by atoms with van der Waals surface area (Å²) in [5, 5.41) is 12.0. The Bertz CT molecular complexity index is 161. The van der Waals surface area contributed by atoms with Crippen molar-refractivity contribution in [1.82, 2.24) is 20.2 Å². The number of alkyl halides is 1. The van der Waals surface area contributed by atoms with E-state index in [1.807, 2.05) is 6.92 Å². The van der Waals surface area contributed by atoms with Crippen LogP contribution in [-0.2, 0) is 0 Å². The Morgan fingerprint density at radius 1 is 1.78 bits per heavy atom. The molecule has 4 nitrogen and oxygen atoms in total. The van der Waals surface area contributed by atoms with Crippen molar-refractivity contribution >= 4 is 15.9 Å². The van der Waals surface area contributed by atoms with Crippen LogP contribution in [0, 0.1) is 0 Å². The van der Waals surface area contributed by atoms with Crippen LogP contribution in [0.2, 0.25) is 0 Å². The third-order valence-corrected chi connectivity index (χ3v) is 1.92. The van der Waals surface area contributed by atoms with Gasteiger partial charge in [0, 0.05) is 5.33 Å². The number of aromatic nitrogens is 4. The summed E-state index contributed by atoms with van der Waals surface area (Å²) in [6, 6.07) is 0.285. The third-order valence-electron chi connectivity index (χ3n) is 0.982. The van der Waals surface area contributed by atoms with Crippen LogP contribution in [0.1, 0.15) is 13.0 Å². The molecule has 1 atom stereocenters. The van der Waals surface area contributed by atoms with Crippen LogP contribution < -0.4 is 0 Å². The van der Waals surface area contributed by atoms with Crippen LogP contribution in [-0.4, -0.2) is 25.5 Å². The van der Waals surface area contributed by atoms with Gasteiger partial charge in [0.05, 0.1) is 6.04 Å². The van der Waals surface area contributed by atoms with Crippen molar-refractivity contribution in [2.75, 3.05) is 5.33 Å². The molecule has 9 heavy (non-hydrogen) atoms. The first-order valence-electron chi connectivity index (χ1n) is 2.63. The largest absolute Gasteiger partial charge is 0.162 e. The van der Waals surface area contributed by atoms with Crippen molar-refractivity contribution in [2.45, 2.75) is 13.0 Å². The summed E-state index contributed by atoms with van der Waals surface area (Å²) >= 11 is 3.31. The average molecular weight is 191 g/mol. The molecule has 0 aliphatic carbocycles. The molecule has 1 aromatic heterocycles. The Balaban J connectivity index is 2.65. The van der Waals surface area contributed by atoms with E-state index in [9.17, 15) is 0 Å². The molecular weight excluding hydrogens is 184 g/mol. The maximum atomic E-state index is 3.85. The fourth-order valence-electron chi connectivity index (χ4n) is 0.439. The molecule has 0 aromatic carbocycles. The highest BCUT2D eigenvalue weighted by molar-refractivity contribution is 9.09. The van der Waals surface area contributed by atoms with E-state index in [4.69, 9.17) is 0 Å². The second-order valence-electron chi connectivity index (χ2n) is 1.76. The fourth-order valence-corrected chi connectivity index (χ4v) is 0.698. The predicted octanol–water partition coefficient (Wildman–Crippen LogP) is 0.629. The summed E-state index contributed by atoms with van der Waals surface area (Å²) in [7, 11) is 0. The van der Waals surface area contributed by atoms with E-state index in [-0.39, 0.29) is 6.04 Å². The van der Waals surface area contributed by atoms with E-state index < -0.39 is 0 Å². The lowest BCUT2D eigenvalue weighted by atomic mass is 10.4. The second kappa shape index (κ2) is 2.91. The quantitative estimate of drug-likeness (QED) is 0.644. The Labute approximate surface area is 61.4 Å². The van der Waals surface area contributed by atoms with Gasteiger partial charge < -0.3 is 0 Å². The van der Waals surface area contributed by atoms with Gasteiger partial charge in [-0.1, -0.05) is 15.9 Å². The summed E-state index contributed by atoms with van der Waals surface area (Å²) in [6.45, 7) is 2.01. The van der Waals surface area contributed by atoms with E-state index in [1.54, 1.807) is 4.80 Å². The van der Waals surface area contributed by atoms with Gasteiger partial charge in [0.15, 0.2) is 6.33 Å². The molecule has 0 saturated heterocycles. The zero-order valence-electron chi connectivity index (χ0n) is 5.03. The third kappa shape index (κ3) is 1.48. The van der Waals surface area contributed by atoms with E-state index in [1.165, 1.54) is 6.33 Å². The molecule has 0 saturated carbocycles. The number of tetrazole rings is 1. The van der Waals surface area contributed by atoms with Gasteiger partial charge >= 0.3 is 0 Å². The smallest absolute Gasteiger partial charge is 0.161 e. The zero-order chi connectivity index (χ0) is 6.69. The highest BCUT2D eigenvalue weighted by Crippen LogP contribution is 2.02. The molecule has 0 spiro atoms. The molecule has 0 fully saturated rings. The minimum Gasteiger partial charge on any atom is -0.161 e. The minimum absolute atomic E-state index is 0.285. The first-order valence-corrected chi connectivity index (χ1v) is 3.75. The van der Waals surface area contributed by atoms with Crippen LogP contribution in [0.4, 0.5) is 0 Å². The molecule has 1 rings (SSSR count). The summed E-state index contributed by atoms with van der Waals surface area (Å²) in [4.78, 5) is 1.56. The standard InChI is InChI=1S/C4H7BrN4/c1-4(2-5)9-7-3-6-8-9/h3-4H,2H2,1H3. The van der Waals surface area contributed by atoms with Gasteiger partial charge in [-0.15, -0.1) is 10.2 Å². The van der Waals surface area contributed by atoms with Crippen molar-refractivity contribution in [1.29, 1.82) is 0 Å². The van der Waals surface area contributed by atoms with Gasteiger partial charge in [0.2, 0.25) is 0 Å². The predicted molar refractivity (Wildman–Crippen MR) is 36.3 cm³/mol. The minimum atomic E-state index is 0.285. The first kappa shape index (κ1) is 6.67. The lowest BCUT2D eigenvalue weighted by Crippen LogP contribution is -2.09. The topological polar surface area (TPSA) is 43.6 Å². The van der Waals surface area contributed by atoms with E-state index in [0.29, 0.717) is 0 Å². The maximum Gasteiger partial charge on any atom is 0.162 e. The number of nitrogens with zero attached hydrogens (tertiary/aromatic N) is 4. The second-order valence-corrected chi connectivity index (χ2v) is 2.41. The molecule has 5 heteroatoms. The summed E-state index contributed by atoms with van der Waals surface area (Å²) in [6.07, 6.45) is 1.43. The molecule has 0 aliphatic heterocycles. The summed E-state index contributed by atoms with van der Waals surface area (Å²) in [5.41, 5.74) is 0. The molecule has 1 aromatic rings. The maximum absolute atomic E-state index is 3.85. The van der Waals surface area contributed by atoms with Gasteiger partial charge in [-0.3, -0.25) is 0 Å². The molecular formula is C4H7BrN4. The van der Waals surface area contributed by atoms with Crippen LogP contribution in [0.3, 0.4) is 0 Å². The van der Waals surface area contributed by atoms with Crippen molar-refractivity contribution in [3.05, 3.63) is 6.33 Å². The van der Waals surface area contributed by atoms with Crippen molar-refractivity contribution in [3.8, 4) is 0 Å². The van der Waals surface area contributed by atoms with Crippen LogP contribution in [0.25, 0.3) is 0 Å². The molecule has 1 heterocycles. The van der Waals surface area contributed by atoms with Gasteiger partial charge in [0.25, 0.3) is 0 Å². The van der Waals surface area contributed by atoms with E-state index >= 15 is 0 Å². The highest BCUT2D eigenvalue weighted by Gasteiger charge is 2.01. The monoisotopic (exact) mass is 190 g/mol. The number of halogens is 1. The van der Waals surface area contributed by atoms with Crippen molar-refractivity contribution in [3.63, 3.8) is 0 Å². The zero-order valence-corrected chi connectivity index (χ0v) is 6.61. The van der Waals surface area contributed by atoms with Gasteiger partial charge in [0.1, 0.15) is 0 Å². The van der Waals surface area contributed by atoms with Crippen molar-refractivity contribution in [2.24, 2.45) is 0 Å². The molecule has 0 bridgehead atoms. The first-order chi connectivity index (χ1) is 4.34. The molecule has 0 radical (unpaired) electrons. The number of hydrogen-bond acceptors (Lipinski definition) is 3. The molecule has 1 unspecified atom stereocenters. The molecule has 0 amide bonds. The van der Waals surface area contributed by atoms with E-state index in [0.717, 1.165) is 5.33 Å². The number of rotatable bonds is 2. The van der Waals surface area contributed by atoms with E-state index in [2.05, 4.69) is 31.3 Å².